The van der Waals surface area contributed by atoms with Gasteiger partial charge in [0.15, 0.2) is 11.5 Å². The highest BCUT2D eigenvalue weighted by molar-refractivity contribution is 7.09. The summed E-state index contributed by atoms with van der Waals surface area (Å²) in [6.07, 6.45) is 1.38. The second kappa shape index (κ2) is 8.64. The molecule has 0 aliphatic carbocycles. The number of hydrogen-bond donors (Lipinski definition) is 0. The zero-order chi connectivity index (χ0) is 22.1. The minimum absolute atomic E-state index is 0.149. The van der Waals surface area contributed by atoms with Crippen LogP contribution in [0.5, 0.6) is 11.5 Å². The molecule has 9 heteroatoms. The molecule has 1 aliphatic rings. The number of anilines is 1. The predicted molar refractivity (Wildman–Crippen MR) is 124 cm³/mol. The summed E-state index contributed by atoms with van der Waals surface area (Å²) < 4.78 is 12.6. The van der Waals surface area contributed by atoms with Crippen molar-refractivity contribution in [2.24, 2.45) is 0 Å². The number of fused-ring (bicyclic) bond motifs is 2. The minimum atomic E-state index is -0.293. The molecule has 0 spiro atoms. The van der Waals surface area contributed by atoms with Gasteiger partial charge in [-0.05, 0) is 41.8 Å². The van der Waals surface area contributed by atoms with Gasteiger partial charge in [-0.15, -0.1) is 11.3 Å². The van der Waals surface area contributed by atoms with Gasteiger partial charge in [-0.3, -0.25) is 14.2 Å². The molecule has 1 amide bonds. The third-order valence-electron chi connectivity index (χ3n) is 5.13. The molecule has 0 unspecified atom stereocenters. The summed E-state index contributed by atoms with van der Waals surface area (Å²) in [5, 5.41) is 2.87. The average Bonchev–Trinajstić information content (AvgIpc) is 3.32. The summed E-state index contributed by atoms with van der Waals surface area (Å²) in [6.45, 7) is 1.18. The molecule has 7 nitrogen and oxygen atoms in total. The Morgan fingerprint density at radius 3 is 2.78 bits per heavy atom. The molecule has 0 radical (unpaired) electrons. The highest BCUT2D eigenvalue weighted by Crippen LogP contribution is 2.34. The number of halogens is 1. The third-order valence-corrected chi connectivity index (χ3v) is 6.22. The largest absolute Gasteiger partial charge is 0.486 e. The molecule has 0 fully saturated rings. The van der Waals surface area contributed by atoms with E-state index in [4.69, 9.17) is 21.1 Å². The van der Waals surface area contributed by atoms with E-state index in [2.05, 4.69) is 4.98 Å². The van der Waals surface area contributed by atoms with Crippen molar-refractivity contribution in [3.8, 4) is 11.5 Å². The Kier molecular flexibility index (Phi) is 5.55. The van der Waals surface area contributed by atoms with Crippen LogP contribution in [0.25, 0.3) is 10.9 Å². The second-order valence-corrected chi connectivity index (χ2v) is 8.69. The summed E-state index contributed by atoms with van der Waals surface area (Å²) in [5.74, 6) is 1.00. The fourth-order valence-electron chi connectivity index (χ4n) is 3.56. The zero-order valence-corrected chi connectivity index (χ0v) is 18.4. The van der Waals surface area contributed by atoms with Gasteiger partial charge in [-0.1, -0.05) is 17.7 Å². The Bertz CT molecular complexity index is 1350. The van der Waals surface area contributed by atoms with E-state index in [1.807, 2.05) is 23.6 Å². The van der Waals surface area contributed by atoms with Crippen LogP contribution in [0.1, 0.15) is 4.88 Å². The Morgan fingerprint density at radius 1 is 1.12 bits per heavy atom. The molecule has 3 heterocycles. The second-order valence-electron chi connectivity index (χ2n) is 7.23. The summed E-state index contributed by atoms with van der Waals surface area (Å²) >= 11 is 7.56. The fourth-order valence-corrected chi connectivity index (χ4v) is 4.42. The van der Waals surface area contributed by atoms with Crippen molar-refractivity contribution in [2.75, 3.05) is 18.1 Å². The summed E-state index contributed by atoms with van der Waals surface area (Å²) in [5.41, 5.74) is 0.868. The summed E-state index contributed by atoms with van der Waals surface area (Å²) in [7, 11) is 0. The van der Waals surface area contributed by atoms with E-state index in [1.165, 1.54) is 10.9 Å². The molecular weight excluding hydrogens is 450 g/mol. The van der Waals surface area contributed by atoms with Gasteiger partial charge in [-0.25, -0.2) is 4.98 Å². The van der Waals surface area contributed by atoms with Gasteiger partial charge >= 0.3 is 0 Å². The molecule has 4 aromatic rings. The van der Waals surface area contributed by atoms with E-state index in [-0.39, 0.29) is 18.0 Å². The smallest absolute Gasteiger partial charge is 0.261 e. The van der Waals surface area contributed by atoms with Gasteiger partial charge in [0.1, 0.15) is 19.8 Å². The lowest BCUT2D eigenvalue weighted by atomic mass is 10.2. The van der Waals surface area contributed by atoms with Crippen LogP contribution in [0.15, 0.2) is 65.0 Å². The highest BCUT2D eigenvalue weighted by Gasteiger charge is 2.21. The monoisotopic (exact) mass is 467 g/mol. The molecule has 32 heavy (non-hydrogen) atoms. The highest BCUT2D eigenvalue weighted by atomic mass is 35.5. The average molecular weight is 468 g/mol. The van der Waals surface area contributed by atoms with Crippen LogP contribution in [0.2, 0.25) is 5.02 Å². The van der Waals surface area contributed by atoms with Crippen molar-refractivity contribution in [1.82, 2.24) is 9.55 Å². The quantitative estimate of drug-likeness (QED) is 0.441. The van der Waals surface area contributed by atoms with E-state index in [9.17, 15) is 9.59 Å². The molecule has 5 rings (SSSR count). The molecular formula is C23H18ClN3O4S. The van der Waals surface area contributed by atoms with Crippen molar-refractivity contribution < 1.29 is 14.3 Å². The fraction of sp³-hybridized carbons (Fsp3) is 0.174. The number of thiophene rings is 1. The Hall–Kier alpha value is -3.36. The van der Waals surface area contributed by atoms with Crippen LogP contribution in [-0.4, -0.2) is 28.7 Å². The van der Waals surface area contributed by atoms with Crippen molar-refractivity contribution in [1.29, 1.82) is 0 Å². The number of carbonyl (C=O) groups is 1. The first-order chi connectivity index (χ1) is 15.6. The topological polar surface area (TPSA) is 73.7 Å². The van der Waals surface area contributed by atoms with Gasteiger partial charge in [0, 0.05) is 21.7 Å². The van der Waals surface area contributed by atoms with Gasteiger partial charge in [-0.2, -0.15) is 0 Å². The molecule has 0 saturated heterocycles. The molecule has 0 N–H and O–H groups in total. The summed E-state index contributed by atoms with van der Waals surface area (Å²) in [4.78, 5) is 33.3. The van der Waals surface area contributed by atoms with Crippen molar-refractivity contribution in [2.45, 2.75) is 13.1 Å². The van der Waals surface area contributed by atoms with Gasteiger partial charge in [0.2, 0.25) is 5.91 Å². The van der Waals surface area contributed by atoms with E-state index in [0.717, 1.165) is 4.88 Å². The molecule has 2 aromatic carbocycles. The maximum absolute atomic E-state index is 13.4. The van der Waals surface area contributed by atoms with Gasteiger partial charge in [0.05, 0.1) is 23.8 Å². The molecule has 2 aromatic heterocycles. The van der Waals surface area contributed by atoms with Crippen molar-refractivity contribution >= 4 is 45.4 Å². The standard InChI is InChI=1S/C23H18ClN3O4S/c24-15-3-5-18-19(10-15)25-14-26(23(18)29)13-22(28)27(12-17-2-1-9-32-17)16-4-6-20-21(11-16)31-8-7-30-20/h1-6,9-11,14H,7-8,12-13H2. The van der Waals surface area contributed by atoms with Crippen molar-refractivity contribution in [3.63, 3.8) is 0 Å². The van der Waals surface area contributed by atoms with Crippen LogP contribution < -0.4 is 19.9 Å². The van der Waals surface area contributed by atoms with E-state index < -0.39 is 0 Å². The first-order valence-corrected chi connectivity index (χ1v) is 11.2. The van der Waals surface area contributed by atoms with E-state index in [1.54, 1.807) is 46.6 Å². The van der Waals surface area contributed by atoms with Gasteiger partial charge in [0.25, 0.3) is 5.56 Å². The molecule has 0 bridgehead atoms. The minimum Gasteiger partial charge on any atom is -0.486 e. The van der Waals surface area contributed by atoms with E-state index >= 15 is 0 Å². The first-order valence-electron chi connectivity index (χ1n) is 9.95. The Labute approximate surface area is 192 Å². The van der Waals surface area contributed by atoms with Crippen molar-refractivity contribution in [3.05, 3.63) is 80.5 Å². The van der Waals surface area contributed by atoms with Crippen LogP contribution in [-0.2, 0) is 17.9 Å². The lowest BCUT2D eigenvalue weighted by molar-refractivity contribution is -0.119. The first kappa shape index (κ1) is 20.5. The maximum Gasteiger partial charge on any atom is 0.261 e. The van der Waals surface area contributed by atoms with E-state index in [0.29, 0.717) is 52.9 Å². The SMILES string of the molecule is O=C(Cn1cnc2cc(Cl)ccc2c1=O)N(Cc1cccs1)c1ccc2c(c1)OCCO2. The number of rotatable bonds is 5. The predicted octanol–water partition coefficient (Wildman–Crippen LogP) is 4.12. The van der Waals surface area contributed by atoms with Crippen LogP contribution >= 0.6 is 22.9 Å². The third kappa shape index (κ3) is 4.06. The number of amides is 1. The maximum atomic E-state index is 13.4. The summed E-state index contributed by atoms with van der Waals surface area (Å²) in [6, 6.07) is 14.2. The number of ether oxygens (including phenoxy) is 2. The zero-order valence-electron chi connectivity index (χ0n) is 16.9. The molecule has 0 saturated carbocycles. The number of hydrogen-bond acceptors (Lipinski definition) is 6. The lowest BCUT2D eigenvalue weighted by Gasteiger charge is -2.25. The molecule has 162 valence electrons. The van der Waals surface area contributed by atoms with Crippen LogP contribution in [0, 0.1) is 0 Å². The number of nitrogens with zero attached hydrogens (tertiary/aromatic N) is 3. The van der Waals surface area contributed by atoms with Crippen LogP contribution in [0.4, 0.5) is 5.69 Å². The van der Waals surface area contributed by atoms with Gasteiger partial charge < -0.3 is 14.4 Å². The van der Waals surface area contributed by atoms with Crippen LogP contribution in [0.3, 0.4) is 0 Å². The normalized spacial score (nSPS) is 12.7. The lowest BCUT2D eigenvalue weighted by Crippen LogP contribution is -2.36. The molecule has 0 atom stereocenters. The molecule has 1 aliphatic heterocycles. The number of carbonyl (C=O) groups excluding carboxylic acids is 1. The number of benzene rings is 2. The Morgan fingerprint density at radius 2 is 1.97 bits per heavy atom. The Balaban J connectivity index is 1.48. The number of aromatic nitrogens is 2.